The van der Waals surface area contributed by atoms with Gasteiger partial charge in [0.05, 0.1) is 6.61 Å². The number of benzene rings is 1. The van der Waals surface area contributed by atoms with Crippen LogP contribution in [0.3, 0.4) is 0 Å². The first-order valence-corrected chi connectivity index (χ1v) is 6.19. The molecular formula is C13H14Cl2O2. The summed E-state index contributed by atoms with van der Waals surface area (Å²) >= 11 is 11.4. The molecule has 92 valence electrons. The summed E-state index contributed by atoms with van der Waals surface area (Å²) < 4.78 is 5.00. The highest BCUT2D eigenvalue weighted by Crippen LogP contribution is 2.11. The van der Waals surface area contributed by atoms with E-state index in [1.54, 1.807) is 18.2 Å². The molecule has 1 atom stereocenters. The van der Waals surface area contributed by atoms with E-state index in [2.05, 4.69) is 0 Å². The van der Waals surface area contributed by atoms with E-state index in [-0.39, 0.29) is 11.9 Å². The first-order valence-electron chi connectivity index (χ1n) is 5.28. The lowest BCUT2D eigenvalue weighted by Gasteiger charge is -2.06. The van der Waals surface area contributed by atoms with Gasteiger partial charge in [-0.25, -0.2) is 4.79 Å². The van der Waals surface area contributed by atoms with E-state index in [1.807, 2.05) is 19.1 Å². The van der Waals surface area contributed by atoms with Gasteiger partial charge in [-0.05, 0) is 23.8 Å². The highest BCUT2D eigenvalue weighted by atomic mass is 35.5. The predicted octanol–water partition coefficient (Wildman–Crippen LogP) is 3.77. The Morgan fingerprint density at radius 2 is 2.29 bits per heavy atom. The molecule has 1 aromatic rings. The molecule has 0 spiro atoms. The maximum Gasteiger partial charge on any atom is 0.330 e. The van der Waals surface area contributed by atoms with Gasteiger partial charge >= 0.3 is 5.97 Å². The molecule has 0 aliphatic heterocycles. The average Bonchev–Trinajstić information content (AvgIpc) is 2.33. The number of carbonyl (C=O) groups is 1. The fourth-order valence-electron chi connectivity index (χ4n) is 1.09. The topological polar surface area (TPSA) is 26.3 Å². The maximum absolute atomic E-state index is 11.3. The Hall–Kier alpha value is -0.990. The number of halogens is 2. The van der Waals surface area contributed by atoms with Crippen LogP contribution in [-0.4, -0.2) is 18.5 Å². The lowest BCUT2D eigenvalue weighted by molar-refractivity contribution is -0.138. The first-order chi connectivity index (χ1) is 8.11. The molecule has 2 nitrogen and oxygen atoms in total. The van der Waals surface area contributed by atoms with E-state index in [0.29, 0.717) is 17.5 Å². The van der Waals surface area contributed by atoms with Crippen molar-refractivity contribution in [2.45, 2.75) is 6.92 Å². The van der Waals surface area contributed by atoms with Crippen molar-refractivity contribution < 1.29 is 9.53 Å². The summed E-state index contributed by atoms with van der Waals surface area (Å²) in [6, 6.07) is 7.23. The van der Waals surface area contributed by atoms with E-state index in [4.69, 9.17) is 27.9 Å². The largest absolute Gasteiger partial charge is 0.462 e. The molecule has 0 bridgehead atoms. The van der Waals surface area contributed by atoms with Crippen LogP contribution in [0.1, 0.15) is 12.5 Å². The van der Waals surface area contributed by atoms with Gasteiger partial charge in [-0.15, -0.1) is 11.6 Å². The Labute approximate surface area is 111 Å². The molecule has 0 heterocycles. The second-order valence-electron chi connectivity index (χ2n) is 3.78. The lowest BCUT2D eigenvalue weighted by atomic mass is 10.2. The predicted molar refractivity (Wildman–Crippen MR) is 71.3 cm³/mol. The van der Waals surface area contributed by atoms with E-state index >= 15 is 0 Å². The van der Waals surface area contributed by atoms with Crippen molar-refractivity contribution in [2.24, 2.45) is 5.92 Å². The summed E-state index contributed by atoms with van der Waals surface area (Å²) in [5, 5.41) is 0.635. The van der Waals surface area contributed by atoms with Crippen LogP contribution in [-0.2, 0) is 9.53 Å². The maximum atomic E-state index is 11.3. The Morgan fingerprint density at radius 1 is 1.53 bits per heavy atom. The first kappa shape index (κ1) is 14.1. The standard InChI is InChI=1S/C13H14Cl2O2/c1-10(8-14)9-17-13(16)6-5-11-3-2-4-12(15)7-11/h2-7,10H,8-9H2,1H3/b6-5+. The van der Waals surface area contributed by atoms with Gasteiger partial charge in [0.15, 0.2) is 0 Å². The van der Waals surface area contributed by atoms with Crippen LogP contribution < -0.4 is 0 Å². The molecule has 17 heavy (non-hydrogen) atoms. The molecule has 0 N–H and O–H groups in total. The second-order valence-corrected chi connectivity index (χ2v) is 4.52. The van der Waals surface area contributed by atoms with Crippen LogP contribution in [0.5, 0.6) is 0 Å². The Morgan fingerprint density at radius 3 is 2.94 bits per heavy atom. The zero-order valence-electron chi connectivity index (χ0n) is 9.53. The van der Waals surface area contributed by atoms with Crippen molar-refractivity contribution in [3.8, 4) is 0 Å². The Kier molecular flexibility index (Phi) is 6.09. The fraction of sp³-hybridized carbons (Fsp3) is 0.308. The molecule has 0 aliphatic carbocycles. The summed E-state index contributed by atoms with van der Waals surface area (Å²) in [6.45, 7) is 2.25. The number of hydrogen-bond acceptors (Lipinski definition) is 2. The highest BCUT2D eigenvalue weighted by Gasteiger charge is 2.03. The van der Waals surface area contributed by atoms with E-state index in [0.717, 1.165) is 5.56 Å². The zero-order valence-corrected chi connectivity index (χ0v) is 11.0. The van der Waals surface area contributed by atoms with Gasteiger partial charge in [0.2, 0.25) is 0 Å². The van der Waals surface area contributed by atoms with Crippen LogP contribution in [0.15, 0.2) is 30.3 Å². The van der Waals surface area contributed by atoms with E-state index in [9.17, 15) is 4.79 Å². The monoisotopic (exact) mass is 272 g/mol. The van der Waals surface area contributed by atoms with Gasteiger partial charge < -0.3 is 4.74 Å². The van der Waals surface area contributed by atoms with Crippen LogP contribution in [0.2, 0.25) is 5.02 Å². The Balaban J connectivity index is 2.45. The molecule has 0 aromatic heterocycles. The molecule has 1 rings (SSSR count). The van der Waals surface area contributed by atoms with Crippen LogP contribution >= 0.6 is 23.2 Å². The van der Waals surface area contributed by atoms with E-state index in [1.165, 1.54) is 6.08 Å². The van der Waals surface area contributed by atoms with Gasteiger partial charge in [0, 0.05) is 22.9 Å². The number of rotatable bonds is 5. The summed E-state index contributed by atoms with van der Waals surface area (Å²) in [5.74, 6) is 0.271. The number of alkyl halides is 1. The quantitative estimate of drug-likeness (QED) is 0.463. The molecule has 0 fully saturated rings. The third kappa shape index (κ3) is 5.76. The Bertz CT molecular complexity index is 402. The number of hydrogen-bond donors (Lipinski definition) is 0. The third-order valence-corrected chi connectivity index (χ3v) is 2.80. The summed E-state index contributed by atoms with van der Waals surface area (Å²) in [7, 11) is 0. The second kappa shape index (κ2) is 7.36. The SMILES string of the molecule is CC(CCl)COC(=O)/C=C/c1cccc(Cl)c1. The summed E-state index contributed by atoms with van der Waals surface area (Å²) in [6.07, 6.45) is 3.05. The van der Waals surface area contributed by atoms with Crippen molar-refractivity contribution in [3.63, 3.8) is 0 Å². The van der Waals surface area contributed by atoms with Crippen LogP contribution in [0.25, 0.3) is 6.08 Å². The molecule has 0 saturated heterocycles. The smallest absolute Gasteiger partial charge is 0.330 e. The van der Waals surface area contributed by atoms with E-state index < -0.39 is 0 Å². The summed E-state index contributed by atoms with van der Waals surface area (Å²) in [4.78, 5) is 11.3. The molecule has 0 amide bonds. The third-order valence-electron chi connectivity index (χ3n) is 2.03. The normalized spacial score (nSPS) is 12.6. The number of carbonyl (C=O) groups excluding carboxylic acids is 1. The number of esters is 1. The molecule has 1 unspecified atom stereocenters. The zero-order chi connectivity index (χ0) is 12.7. The van der Waals surface area contributed by atoms with Gasteiger partial charge in [-0.3, -0.25) is 0 Å². The molecule has 0 aliphatic rings. The number of ether oxygens (including phenoxy) is 1. The minimum absolute atomic E-state index is 0.167. The molecule has 0 radical (unpaired) electrons. The molecule has 0 saturated carbocycles. The fourth-order valence-corrected chi connectivity index (χ4v) is 1.38. The van der Waals surface area contributed by atoms with Gasteiger partial charge in [0.25, 0.3) is 0 Å². The van der Waals surface area contributed by atoms with Gasteiger partial charge in [-0.2, -0.15) is 0 Å². The average molecular weight is 273 g/mol. The van der Waals surface area contributed by atoms with Gasteiger partial charge in [-0.1, -0.05) is 30.7 Å². The van der Waals surface area contributed by atoms with Gasteiger partial charge in [0.1, 0.15) is 0 Å². The van der Waals surface area contributed by atoms with Crippen molar-refractivity contribution in [3.05, 3.63) is 40.9 Å². The van der Waals surface area contributed by atoms with Crippen molar-refractivity contribution in [1.29, 1.82) is 0 Å². The van der Waals surface area contributed by atoms with Crippen LogP contribution in [0, 0.1) is 5.92 Å². The molecular weight excluding hydrogens is 259 g/mol. The lowest BCUT2D eigenvalue weighted by Crippen LogP contribution is -2.10. The minimum Gasteiger partial charge on any atom is -0.462 e. The highest BCUT2D eigenvalue weighted by molar-refractivity contribution is 6.30. The summed E-state index contributed by atoms with van der Waals surface area (Å²) in [5.41, 5.74) is 0.861. The van der Waals surface area contributed by atoms with Crippen molar-refractivity contribution in [1.82, 2.24) is 0 Å². The van der Waals surface area contributed by atoms with Crippen LogP contribution in [0.4, 0.5) is 0 Å². The molecule has 1 aromatic carbocycles. The minimum atomic E-state index is -0.373. The van der Waals surface area contributed by atoms with Crippen molar-refractivity contribution >= 4 is 35.2 Å². The molecule has 4 heteroatoms. The van der Waals surface area contributed by atoms with Crippen molar-refractivity contribution in [2.75, 3.05) is 12.5 Å².